The van der Waals surface area contributed by atoms with E-state index in [1.54, 1.807) is 0 Å². The molecule has 0 amide bonds. The highest BCUT2D eigenvalue weighted by Crippen LogP contribution is 2.22. The zero-order valence-corrected chi connectivity index (χ0v) is 10.7. The van der Waals surface area contributed by atoms with Crippen molar-refractivity contribution >= 4 is 16.9 Å². The second-order valence-electron chi connectivity index (χ2n) is 4.13. The topological polar surface area (TPSA) is 24.4 Å². The fourth-order valence-corrected chi connectivity index (χ4v) is 2.55. The van der Waals surface area contributed by atoms with Gasteiger partial charge in [0.25, 0.3) is 0 Å². The van der Waals surface area contributed by atoms with Crippen molar-refractivity contribution in [2.45, 2.75) is 32.1 Å². The predicted molar refractivity (Wildman–Crippen MR) is 72.0 cm³/mol. The smallest absolute Gasteiger partial charge is 0.157 e. The minimum atomic E-state index is 0.681. The van der Waals surface area contributed by atoms with Crippen LogP contribution in [0, 0.1) is 6.92 Å². The first-order valence-corrected chi connectivity index (χ1v) is 6.66. The van der Waals surface area contributed by atoms with Crippen LogP contribution in [0.25, 0.3) is 0 Å². The van der Waals surface area contributed by atoms with Gasteiger partial charge < -0.3 is 5.32 Å². The lowest BCUT2D eigenvalue weighted by atomic mass is 10.1. The molecule has 1 aliphatic rings. The molecule has 1 unspecified atom stereocenters. The third kappa shape index (κ3) is 3.01. The quantitative estimate of drug-likeness (QED) is 0.869. The first-order chi connectivity index (χ1) is 7.78. The van der Waals surface area contributed by atoms with Gasteiger partial charge in [-0.05, 0) is 18.9 Å². The van der Waals surface area contributed by atoms with Crippen molar-refractivity contribution in [3.05, 3.63) is 35.4 Å². The lowest BCUT2D eigenvalue weighted by molar-refractivity contribution is 0.839. The van der Waals surface area contributed by atoms with Gasteiger partial charge in [-0.15, -0.1) is 0 Å². The van der Waals surface area contributed by atoms with E-state index in [2.05, 4.69) is 48.4 Å². The van der Waals surface area contributed by atoms with E-state index in [-0.39, 0.29) is 0 Å². The third-order valence-electron chi connectivity index (χ3n) is 2.74. The second kappa shape index (κ2) is 5.39. The summed E-state index contributed by atoms with van der Waals surface area (Å²) in [6.45, 7) is 6.18. The molecule has 0 bridgehead atoms. The van der Waals surface area contributed by atoms with Gasteiger partial charge in [0.2, 0.25) is 0 Å². The van der Waals surface area contributed by atoms with Gasteiger partial charge in [-0.2, -0.15) is 0 Å². The molecule has 1 N–H and O–H groups in total. The molecule has 0 aliphatic carbocycles. The van der Waals surface area contributed by atoms with E-state index >= 15 is 0 Å². The molecule has 1 atom stereocenters. The van der Waals surface area contributed by atoms with Crippen LogP contribution in [0.15, 0.2) is 29.3 Å². The number of nitrogens with one attached hydrogen (secondary N) is 1. The van der Waals surface area contributed by atoms with Crippen molar-refractivity contribution in [2.24, 2.45) is 4.99 Å². The summed E-state index contributed by atoms with van der Waals surface area (Å²) in [5.41, 5.74) is 2.62. The molecule has 86 valence electrons. The minimum absolute atomic E-state index is 0.681. The normalized spacial score (nSPS) is 19.6. The fourth-order valence-electron chi connectivity index (χ4n) is 1.61. The number of thioether (sulfide) groups is 1. The molecule has 1 aromatic carbocycles. The molecule has 1 aromatic rings. The molecule has 2 rings (SSSR count). The van der Waals surface area contributed by atoms with Crippen LogP contribution >= 0.6 is 11.8 Å². The van der Waals surface area contributed by atoms with E-state index in [1.807, 2.05) is 11.8 Å². The Kier molecular flexibility index (Phi) is 3.88. The van der Waals surface area contributed by atoms with Crippen LogP contribution < -0.4 is 5.32 Å². The number of benzene rings is 1. The number of rotatable bonds is 3. The van der Waals surface area contributed by atoms with Crippen LogP contribution in [0.4, 0.5) is 0 Å². The molecule has 2 nitrogen and oxygen atoms in total. The number of aliphatic imine (C=N–C) groups is 1. The molecule has 1 heterocycles. The van der Waals surface area contributed by atoms with Crippen molar-refractivity contribution in [3.63, 3.8) is 0 Å². The van der Waals surface area contributed by atoms with Crippen molar-refractivity contribution in [1.29, 1.82) is 0 Å². The van der Waals surface area contributed by atoms with E-state index in [0.717, 1.165) is 18.3 Å². The van der Waals surface area contributed by atoms with Crippen LogP contribution in [0.3, 0.4) is 0 Å². The van der Waals surface area contributed by atoms with Gasteiger partial charge in [0.15, 0.2) is 5.17 Å². The van der Waals surface area contributed by atoms with E-state index in [0.29, 0.717) is 5.25 Å². The molecule has 16 heavy (non-hydrogen) atoms. The van der Waals surface area contributed by atoms with Crippen molar-refractivity contribution < 1.29 is 0 Å². The number of aryl methyl sites for hydroxylation is 1. The molecule has 0 spiro atoms. The van der Waals surface area contributed by atoms with E-state index < -0.39 is 0 Å². The molecule has 0 saturated carbocycles. The van der Waals surface area contributed by atoms with Crippen molar-refractivity contribution in [2.75, 3.05) is 6.54 Å². The number of nitrogens with zero attached hydrogens (tertiary/aromatic N) is 1. The molecule has 3 heteroatoms. The van der Waals surface area contributed by atoms with Gasteiger partial charge in [0.05, 0.1) is 6.54 Å². The summed E-state index contributed by atoms with van der Waals surface area (Å²) < 4.78 is 0. The highest BCUT2D eigenvalue weighted by atomic mass is 32.2. The summed E-state index contributed by atoms with van der Waals surface area (Å²) in [5.74, 6) is 0. The van der Waals surface area contributed by atoms with Crippen LogP contribution in [0.1, 0.15) is 24.5 Å². The fraction of sp³-hybridized carbons (Fsp3) is 0.462. The summed E-state index contributed by atoms with van der Waals surface area (Å²) >= 11 is 1.87. The maximum absolute atomic E-state index is 4.49. The first-order valence-electron chi connectivity index (χ1n) is 5.78. The van der Waals surface area contributed by atoms with Crippen molar-refractivity contribution in [3.8, 4) is 0 Å². The van der Waals surface area contributed by atoms with Gasteiger partial charge in [0.1, 0.15) is 0 Å². The van der Waals surface area contributed by atoms with Crippen LogP contribution in [0.2, 0.25) is 0 Å². The zero-order valence-electron chi connectivity index (χ0n) is 9.86. The van der Waals surface area contributed by atoms with Crippen LogP contribution in [-0.4, -0.2) is 17.0 Å². The average Bonchev–Trinajstić information content (AvgIpc) is 2.76. The Morgan fingerprint density at radius 2 is 2.12 bits per heavy atom. The van der Waals surface area contributed by atoms with Crippen LogP contribution in [-0.2, 0) is 6.54 Å². The third-order valence-corrected chi connectivity index (χ3v) is 4.05. The Morgan fingerprint density at radius 1 is 1.38 bits per heavy atom. The lowest BCUT2D eigenvalue weighted by Crippen LogP contribution is -2.18. The minimum Gasteiger partial charge on any atom is -0.361 e. The SMILES string of the molecule is CCC1CN=C(NCc2ccc(C)cc2)S1. The number of hydrogen-bond acceptors (Lipinski definition) is 3. The largest absolute Gasteiger partial charge is 0.361 e. The van der Waals surface area contributed by atoms with Crippen molar-refractivity contribution in [1.82, 2.24) is 5.32 Å². The Balaban J connectivity index is 1.82. The molecular weight excluding hydrogens is 216 g/mol. The van der Waals surface area contributed by atoms with Gasteiger partial charge in [-0.25, -0.2) is 0 Å². The monoisotopic (exact) mass is 234 g/mol. The highest BCUT2D eigenvalue weighted by Gasteiger charge is 2.16. The lowest BCUT2D eigenvalue weighted by Gasteiger charge is -2.07. The summed E-state index contributed by atoms with van der Waals surface area (Å²) in [4.78, 5) is 4.49. The maximum Gasteiger partial charge on any atom is 0.157 e. The molecule has 1 aliphatic heterocycles. The number of hydrogen-bond donors (Lipinski definition) is 1. The van der Waals surface area contributed by atoms with Gasteiger partial charge in [-0.1, -0.05) is 48.5 Å². The van der Waals surface area contributed by atoms with E-state index in [1.165, 1.54) is 17.5 Å². The Morgan fingerprint density at radius 3 is 2.75 bits per heavy atom. The van der Waals surface area contributed by atoms with E-state index in [4.69, 9.17) is 0 Å². The zero-order chi connectivity index (χ0) is 11.4. The molecular formula is C13H18N2S. The number of amidine groups is 1. The molecule has 0 radical (unpaired) electrons. The van der Waals surface area contributed by atoms with E-state index in [9.17, 15) is 0 Å². The second-order valence-corrected chi connectivity index (χ2v) is 5.42. The summed E-state index contributed by atoms with van der Waals surface area (Å²) in [6, 6.07) is 8.63. The Bertz CT molecular complexity index is 370. The van der Waals surface area contributed by atoms with Gasteiger partial charge >= 0.3 is 0 Å². The predicted octanol–water partition coefficient (Wildman–Crippen LogP) is 2.97. The molecule has 0 saturated heterocycles. The van der Waals surface area contributed by atoms with Gasteiger partial charge in [0, 0.05) is 11.8 Å². The summed E-state index contributed by atoms with van der Waals surface area (Å²) in [6.07, 6.45) is 1.20. The summed E-state index contributed by atoms with van der Waals surface area (Å²) in [7, 11) is 0. The highest BCUT2D eigenvalue weighted by molar-refractivity contribution is 8.14. The van der Waals surface area contributed by atoms with Crippen LogP contribution in [0.5, 0.6) is 0 Å². The Labute approximate surface area is 102 Å². The maximum atomic E-state index is 4.49. The summed E-state index contributed by atoms with van der Waals surface area (Å²) in [5, 5.41) is 5.18. The standard InChI is InChI=1S/C13H18N2S/c1-3-12-9-15-13(16-12)14-8-11-6-4-10(2)5-7-11/h4-7,12H,3,8-9H2,1-2H3,(H,14,15). The Hall–Kier alpha value is -0.960. The average molecular weight is 234 g/mol. The molecule has 0 aromatic heterocycles. The first kappa shape index (κ1) is 11.5. The molecule has 0 fully saturated rings. The van der Waals surface area contributed by atoms with Gasteiger partial charge in [-0.3, -0.25) is 4.99 Å².